The van der Waals surface area contributed by atoms with Crippen molar-refractivity contribution in [1.82, 2.24) is 10.2 Å². The van der Waals surface area contributed by atoms with Crippen LogP contribution in [0.2, 0.25) is 0 Å². The van der Waals surface area contributed by atoms with Gasteiger partial charge in [0.05, 0.1) is 13.2 Å². The van der Waals surface area contributed by atoms with Gasteiger partial charge in [0.15, 0.2) is 0 Å². The quantitative estimate of drug-likeness (QED) is 0.757. The van der Waals surface area contributed by atoms with Crippen LogP contribution in [-0.4, -0.2) is 43.5 Å². The van der Waals surface area contributed by atoms with Crippen molar-refractivity contribution >= 4 is 17.5 Å². The smallest absolute Gasteiger partial charge is 0.254 e. The number of benzene rings is 1. The van der Waals surface area contributed by atoms with Crippen LogP contribution < -0.4 is 15.8 Å². The summed E-state index contributed by atoms with van der Waals surface area (Å²) in [6, 6.07) is 4.85. The van der Waals surface area contributed by atoms with E-state index in [4.69, 9.17) is 10.5 Å². The van der Waals surface area contributed by atoms with E-state index in [1.807, 2.05) is 13.8 Å². The summed E-state index contributed by atoms with van der Waals surface area (Å²) in [5.41, 5.74) is 6.60. The van der Waals surface area contributed by atoms with E-state index in [9.17, 15) is 9.59 Å². The first kappa shape index (κ1) is 15.8. The Morgan fingerprint density at radius 3 is 2.60 bits per heavy atom. The first-order valence-corrected chi connectivity index (χ1v) is 6.53. The van der Waals surface area contributed by atoms with Crippen molar-refractivity contribution in [1.29, 1.82) is 0 Å². The SMILES string of the molecule is CCNC(=O)CN(C)C(=O)c1cc(N)cc(OCC)c1. The summed E-state index contributed by atoms with van der Waals surface area (Å²) < 4.78 is 5.35. The van der Waals surface area contributed by atoms with Gasteiger partial charge in [-0.15, -0.1) is 0 Å². The number of anilines is 1. The van der Waals surface area contributed by atoms with E-state index in [0.717, 1.165) is 0 Å². The molecule has 1 rings (SSSR count). The average molecular weight is 279 g/mol. The Morgan fingerprint density at radius 1 is 1.30 bits per heavy atom. The molecule has 0 heterocycles. The Morgan fingerprint density at radius 2 is 2.00 bits per heavy atom. The molecule has 0 atom stereocenters. The zero-order valence-corrected chi connectivity index (χ0v) is 12.1. The molecule has 110 valence electrons. The van der Waals surface area contributed by atoms with Crippen LogP contribution in [0.15, 0.2) is 18.2 Å². The lowest BCUT2D eigenvalue weighted by atomic mass is 10.1. The van der Waals surface area contributed by atoms with Crippen molar-refractivity contribution in [2.45, 2.75) is 13.8 Å². The number of nitrogen functional groups attached to an aromatic ring is 1. The minimum absolute atomic E-state index is 0.00540. The molecule has 3 N–H and O–H groups in total. The summed E-state index contributed by atoms with van der Waals surface area (Å²) in [6.07, 6.45) is 0. The Labute approximate surface area is 118 Å². The molecule has 0 aromatic heterocycles. The van der Waals surface area contributed by atoms with E-state index in [2.05, 4.69) is 5.32 Å². The highest BCUT2D eigenvalue weighted by Crippen LogP contribution is 2.19. The van der Waals surface area contributed by atoms with Gasteiger partial charge >= 0.3 is 0 Å². The van der Waals surface area contributed by atoms with Gasteiger partial charge in [-0.3, -0.25) is 9.59 Å². The molecule has 1 aromatic rings. The van der Waals surface area contributed by atoms with E-state index in [0.29, 0.717) is 30.2 Å². The average Bonchev–Trinajstić information content (AvgIpc) is 2.37. The minimum Gasteiger partial charge on any atom is -0.494 e. The molecule has 0 aliphatic carbocycles. The normalized spacial score (nSPS) is 9.95. The highest BCUT2D eigenvalue weighted by molar-refractivity contribution is 5.97. The molecule has 0 aliphatic rings. The second-order valence-electron chi connectivity index (χ2n) is 4.34. The van der Waals surface area contributed by atoms with E-state index in [1.165, 1.54) is 4.90 Å². The van der Waals surface area contributed by atoms with Gasteiger partial charge < -0.3 is 20.7 Å². The molecule has 0 spiro atoms. The molecule has 0 saturated carbocycles. The van der Waals surface area contributed by atoms with Gasteiger partial charge in [0.25, 0.3) is 5.91 Å². The lowest BCUT2D eigenvalue weighted by Crippen LogP contribution is -2.38. The Kier molecular flexibility index (Phi) is 5.83. The third-order valence-corrected chi connectivity index (χ3v) is 2.59. The van der Waals surface area contributed by atoms with E-state index in [1.54, 1.807) is 25.2 Å². The first-order chi connectivity index (χ1) is 9.47. The number of carbonyl (C=O) groups excluding carboxylic acids is 2. The van der Waals surface area contributed by atoms with Crippen LogP contribution in [0, 0.1) is 0 Å². The van der Waals surface area contributed by atoms with Crippen LogP contribution in [0.5, 0.6) is 5.75 Å². The van der Waals surface area contributed by atoms with Crippen LogP contribution in [0.4, 0.5) is 5.69 Å². The summed E-state index contributed by atoms with van der Waals surface area (Å²) in [7, 11) is 1.57. The van der Waals surface area contributed by atoms with Crippen molar-refractivity contribution in [2.24, 2.45) is 0 Å². The van der Waals surface area contributed by atoms with Crippen LogP contribution in [0.1, 0.15) is 24.2 Å². The van der Waals surface area contributed by atoms with Gasteiger partial charge in [-0.25, -0.2) is 0 Å². The van der Waals surface area contributed by atoms with Gasteiger partial charge in [0.2, 0.25) is 5.91 Å². The molecule has 6 heteroatoms. The van der Waals surface area contributed by atoms with E-state index in [-0.39, 0.29) is 18.4 Å². The standard InChI is InChI=1S/C14H21N3O3/c1-4-16-13(18)9-17(3)14(19)10-6-11(15)8-12(7-10)20-5-2/h6-8H,4-5,9,15H2,1-3H3,(H,16,18). The zero-order valence-electron chi connectivity index (χ0n) is 12.1. The number of ether oxygens (including phenoxy) is 1. The second kappa shape index (κ2) is 7.37. The number of hydrogen-bond donors (Lipinski definition) is 2. The number of amides is 2. The topological polar surface area (TPSA) is 84.7 Å². The van der Waals surface area contributed by atoms with Crippen molar-refractivity contribution in [3.8, 4) is 5.75 Å². The van der Waals surface area contributed by atoms with Crippen LogP contribution in [0.3, 0.4) is 0 Å². The molecule has 6 nitrogen and oxygen atoms in total. The summed E-state index contributed by atoms with van der Waals surface area (Å²) >= 11 is 0. The zero-order chi connectivity index (χ0) is 15.1. The maximum Gasteiger partial charge on any atom is 0.254 e. The summed E-state index contributed by atoms with van der Waals surface area (Å²) in [5, 5.41) is 2.64. The minimum atomic E-state index is -0.274. The molecule has 0 unspecified atom stereocenters. The fraction of sp³-hybridized carbons (Fsp3) is 0.429. The van der Waals surface area contributed by atoms with E-state index >= 15 is 0 Å². The fourth-order valence-corrected chi connectivity index (χ4v) is 1.76. The van der Waals surface area contributed by atoms with Gasteiger partial charge in [0, 0.05) is 30.9 Å². The molecule has 0 saturated heterocycles. The number of nitrogens with two attached hydrogens (primary N) is 1. The number of nitrogens with one attached hydrogen (secondary N) is 1. The third kappa shape index (κ3) is 4.46. The van der Waals surface area contributed by atoms with Gasteiger partial charge in [-0.1, -0.05) is 0 Å². The van der Waals surface area contributed by atoms with Gasteiger partial charge in [-0.2, -0.15) is 0 Å². The highest BCUT2D eigenvalue weighted by Gasteiger charge is 2.16. The largest absolute Gasteiger partial charge is 0.494 e. The number of likely N-dealkylation sites (N-methyl/N-ethyl adjacent to an activating group) is 2. The molecule has 20 heavy (non-hydrogen) atoms. The number of rotatable bonds is 6. The van der Waals surface area contributed by atoms with Crippen LogP contribution >= 0.6 is 0 Å². The molecular formula is C14H21N3O3. The number of hydrogen-bond acceptors (Lipinski definition) is 4. The maximum absolute atomic E-state index is 12.2. The number of nitrogens with zero attached hydrogens (tertiary/aromatic N) is 1. The van der Waals surface area contributed by atoms with Crippen molar-refractivity contribution in [3.63, 3.8) is 0 Å². The fourth-order valence-electron chi connectivity index (χ4n) is 1.76. The summed E-state index contributed by atoms with van der Waals surface area (Å²) in [6.45, 7) is 4.71. The van der Waals surface area contributed by atoms with Crippen molar-refractivity contribution in [2.75, 3.05) is 32.5 Å². The molecule has 1 aromatic carbocycles. The molecule has 0 aliphatic heterocycles. The highest BCUT2D eigenvalue weighted by atomic mass is 16.5. The van der Waals surface area contributed by atoms with Gasteiger partial charge in [-0.05, 0) is 26.0 Å². The molecule has 0 bridgehead atoms. The molecule has 0 fully saturated rings. The predicted octanol–water partition coefficient (Wildman–Crippen LogP) is 0.876. The predicted molar refractivity (Wildman–Crippen MR) is 77.7 cm³/mol. The Hall–Kier alpha value is -2.24. The third-order valence-electron chi connectivity index (χ3n) is 2.59. The first-order valence-electron chi connectivity index (χ1n) is 6.53. The van der Waals surface area contributed by atoms with Gasteiger partial charge in [0.1, 0.15) is 5.75 Å². The molecular weight excluding hydrogens is 258 g/mol. The molecule has 0 radical (unpaired) electrons. The Bertz CT molecular complexity index is 489. The van der Waals surface area contributed by atoms with E-state index < -0.39 is 0 Å². The lowest BCUT2D eigenvalue weighted by molar-refractivity contribution is -0.121. The molecule has 2 amide bonds. The second-order valence-corrected chi connectivity index (χ2v) is 4.34. The van der Waals surface area contributed by atoms with Crippen molar-refractivity contribution in [3.05, 3.63) is 23.8 Å². The maximum atomic E-state index is 12.2. The van der Waals surface area contributed by atoms with Crippen LogP contribution in [0.25, 0.3) is 0 Å². The summed E-state index contributed by atoms with van der Waals surface area (Å²) in [4.78, 5) is 25.0. The number of carbonyl (C=O) groups is 2. The lowest BCUT2D eigenvalue weighted by Gasteiger charge is -2.17. The Balaban J connectivity index is 2.82. The van der Waals surface area contributed by atoms with Crippen molar-refractivity contribution < 1.29 is 14.3 Å². The monoisotopic (exact) mass is 279 g/mol. The summed E-state index contributed by atoms with van der Waals surface area (Å²) in [5.74, 6) is 0.0732. The van der Waals surface area contributed by atoms with Crippen LogP contribution in [-0.2, 0) is 4.79 Å².